The van der Waals surface area contributed by atoms with Crippen LogP contribution in [-0.4, -0.2) is 17.0 Å². The molecule has 0 saturated heterocycles. The molecule has 0 aliphatic rings. The van der Waals surface area contributed by atoms with E-state index in [9.17, 15) is 0 Å². The predicted molar refractivity (Wildman–Crippen MR) is 80.5 cm³/mol. The minimum Gasteiger partial charge on any atom is -0.373 e. The van der Waals surface area contributed by atoms with E-state index in [1.54, 1.807) is 0 Å². The van der Waals surface area contributed by atoms with E-state index in [4.69, 9.17) is 0 Å². The molecule has 0 saturated carbocycles. The van der Waals surface area contributed by atoms with Gasteiger partial charge in [-0.3, -0.25) is 0 Å². The van der Waals surface area contributed by atoms with E-state index in [0.717, 1.165) is 35.7 Å². The first-order valence-corrected chi connectivity index (χ1v) is 6.77. The zero-order valence-corrected chi connectivity index (χ0v) is 12.1. The average molecular weight is 255 g/mol. The van der Waals surface area contributed by atoms with E-state index in [-0.39, 0.29) is 0 Å². The molecule has 0 aliphatic heterocycles. The number of anilines is 1. The van der Waals surface area contributed by atoms with Gasteiger partial charge in [-0.05, 0) is 37.5 Å². The van der Waals surface area contributed by atoms with E-state index in [0.29, 0.717) is 0 Å². The van der Waals surface area contributed by atoms with E-state index in [1.807, 2.05) is 13.1 Å². The molecular weight excluding hydrogens is 234 g/mol. The van der Waals surface area contributed by atoms with Crippen LogP contribution in [0, 0.1) is 13.8 Å². The van der Waals surface area contributed by atoms with Crippen molar-refractivity contribution in [3.8, 4) is 11.4 Å². The molecule has 1 aromatic carbocycles. The highest BCUT2D eigenvalue weighted by atomic mass is 15.0. The molecule has 3 nitrogen and oxygen atoms in total. The van der Waals surface area contributed by atoms with Crippen LogP contribution < -0.4 is 5.32 Å². The number of nitrogens with one attached hydrogen (secondary N) is 1. The van der Waals surface area contributed by atoms with Crippen molar-refractivity contribution in [1.82, 2.24) is 9.97 Å². The molecule has 1 heterocycles. The molecule has 2 aromatic rings. The van der Waals surface area contributed by atoms with Gasteiger partial charge in [0.2, 0.25) is 0 Å². The van der Waals surface area contributed by atoms with Crippen LogP contribution in [0.5, 0.6) is 0 Å². The largest absolute Gasteiger partial charge is 0.373 e. The van der Waals surface area contributed by atoms with Crippen molar-refractivity contribution in [2.24, 2.45) is 0 Å². The van der Waals surface area contributed by atoms with E-state index < -0.39 is 0 Å². The summed E-state index contributed by atoms with van der Waals surface area (Å²) >= 11 is 0. The molecule has 2 rings (SSSR count). The van der Waals surface area contributed by atoms with Gasteiger partial charge in [0, 0.05) is 24.4 Å². The Morgan fingerprint density at radius 3 is 2.47 bits per heavy atom. The zero-order valence-electron chi connectivity index (χ0n) is 12.1. The van der Waals surface area contributed by atoms with Crippen LogP contribution >= 0.6 is 0 Å². The maximum absolute atomic E-state index is 4.66. The zero-order chi connectivity index (χ0) is 13.8. The Labute approximate surface area is 115 Å². The maximum atomic E-state index is 4.66. The van der Waals surface area contributed by atoms with E-state index in [1.165, 1.54) is 11.1 Å². The number of nitrogens with zero attached hydrogens (tertiary/aromatic N) is 2. The molecule has 0 aliphatic carbocycles. The van der Waals surface area contributed by atoms with Crippen molar-refractivity contribution in [1.29, 1.82) is 0 Å². The second-order valence-electron chi connectivity index (χ2n) is 4.87. The van der Waals surface area contributed by atoms with Crippen LogP contribution in [0.1, 0.15) is 30.2 Å². The molecule has 0 atom stereocenters. The topological polar surface area (TPSA) is 37.8 Å². The van der Waals surface area contributed by atoms with Gasteiger partial charge in [0.05, 0.1) is 0 Å². The standard InChI is InChI=1S/C16H21N3/c1-5-6-14-10-15(17-4)19-16(18-14)13-8-7-11(2)12(3)9-13/h7-10H,5-6H2,1-4H3,(H,17,18,19). The highest BCUT2D eigenvalue weighted by Gasteiger charge is 2.07. The first-order valence-electron chi connectivity index (χ1n) is 6.77. The van der Waals surface area contributed by atoms with Gasteiger partial charge in [-0.2, -0.15) is 0 Å². The van der Waals surface area contributed by atoms with Gasteiger partial charge in [0.15, 0.2) is 5.82 Å². The molecule has 0 amide bonds. The minimum atomic E-state index is 0.804. The van der Waals surface area contributed by atoms with Gasteiger partial charge in [-0.15, -0.1) is 0 Å². The third-order valence-corrected chi connectivity index (χ3v) is 3.31. The second-order valence-corrected chi connectivity index (χ2v) is 4.87. The number of aromatic nitrogens is 2. The fourth-order valence-electron chi connectivity index (χ4n) is 2.02. The maximum Gasteiger partial charge on any atom is 0.161 e. The van der Waals surface area contributed by atoms with Gasteiger partial charge in [-0.1, -0.05) is 25.5 Å². The summed E-state index contributed by atoms with van der Waals surface area (Å²) in [6.07, 6.45) is 2.07. The van der Waals surface area contributed by atoms with Crippen molar-refractivity contribution >= 4 is 5.82 Å². The van der Waals surface area contributed by atoms with Crippen LogP contribution in [0.2, 0.25) is 0 Å². The normalized spacial score (nSPS) is 10.5. The van der Waals surface area contributed by atoms with Crippen LogP contribution in [-0.2, 0) is 6.42 Å². The Morgan fingerprint density at radius 1 is 1.05 bits per heavy atom. The highest BCUT2D eigenvalue weighted by Crippen LogP contribution is 2.21. The molecule has 0 unspecified atom stereocenters. The molecular formula is C16H21N3. The van der Waals surface area contributed by atoms with Gasteiger partial charge in [0.1, 0.15) is 5.82 Å². The Kier molecular flexibility index (Phi) is 4.15. The summed E-state index contributed by atoms with van der Waals surface area (Å²) in [6, 6.07) is 8.39. The predicted octanol–water partition coefficient (Wildman–Crippen LogP) is 3.75. The van der Waals surface area contributed by atoms with Gasteiger partial charge >= 0.3 is 0 Å². The van der Waals surface area contributed by atoms with Crippen molar-refractivity contribution in [2.45, 2.75) is 33.6 Å². The van der Waals surface area contributed by atoms with E-state index >= 15 is 0 Å². The summed E-state index contributed by atoms with van der Waals surface area (Å²) in [6.45, 7) is 6.40. The number of hydrogen-bond acceptors (Lipinski definition) is 3. The monoisotopic (exact) mass is 255 g/mol. The van der Waals surface area contributed by atoms with Crippen LogP contribution in [0.3, 0.4) is 0 Å². The number of aryl methyl sites for hydroxylation is 3. The summed E-state index contributed by atoms with van der Waals surface area (Å²) in [5, 5.41) is 3.11. The van der Waals surface area contributed by atoms with Crippen LogP contribution in [0.4, 0.5) is 5.82 Å². The van der Waals surface area contributed by atoms with Crippen molar-refractivity contribution in [2.75, 3.05) is 12.4 Å². The third-order valence-electron chi connectivity index (χ3n) is 3.31. The minimum absolute atomic E-state index is 0.804. The lowest BCUT2D eigenvalue weighted by molar-refractivity contribution is 0.876. The highest BCUT2D eigenvalue weighted by molar-refractivity contribution is 5.59. The first-order chi connectivity index (χ1) is 9.13. The molecule has 0 bridgehead atoms. The average Bonchev–Trinajstić information content (AvgIpc) is 2.42. The van der Waals surface area contributed by atoms with Crippen molar-refractivity contribution < 1.29 is 0 Å². The lowest BCUT2D eigenvalue weighted by Gasteiger charge is -2.09. The second kappa shape index (κ2) is 5.83. The van der Waals surface area contributed by atoms with Crippen molar-refractivity contribution in [3.05, 3.63) is 41.1 Å². The third kappa shape index (κ3) is 3.11. The fraction of sp³-hybridized carbons (Fsp3) is 0.375. The Morgan fingerprint density at radius 2 is 1.84 bits per heavy atom. The number of hydrogen-bond donors (Lipinski definition) is 1. The summed E-state index contributed by atoms with van der Waals surface area (Å²) in [5.74, 6) is 1.69. The summed E-state index contributed by atoms with van der Waals surface area (Å²) in [5.41, 5.74) is 4.74. The fourth-order valence-corrected chi connectivity index (χ4v) is 2.02. The molecule has 3 heteroatoms. The molecule has 0 spiro atoms. The Bertz CT molecular complexity index is 576. The SMILES string of the molecule is CCCc1cc(NC)nc(-c2ccc(C)c(C)c2)n1. The molecule has 100 valence electrons. The first kappa shape index (κ1) is 13.5. The summed E-state index contributed by atoms with van der Waals surface area (Å²) in [4.78, 5) is 9.21. The molecule has 1 aromatic heterocycles. The molecule has 0 radical (unpaired) electrons. The molecule has 0 fully saturated rings. The van der Waals surface area contributed by atoms with Gasteiger partial charge in [-0.25, -0.2) is 9.97 Å². The van der Waals surface area contributed by atoms with Crippen LogP contribution in [0.25, 0.3) is 11.4 Å². The van der Waals surface area contributed by atoms with Gasteiger partial charge in [0.25, 0.3) is 0 Å². The summed E-state index contributed by atoms with van der Waals surface area (Å²) < 4.78 is 0. The Hall–Kier alpha value is -1.90. The smallest absolute Gasteiger partial charge is 0.161 e. The summed E-state index contributed by atoms with van der Waals surface area (Å²) in [7, 11) is 1.89. The lowest BCUT2D eigenvalue weighted by Crippen LogP contribution is -2.01. The lowest BCUT2D eigenvalue weighted by atomic mass is 10.1. The van der Waals surface area contributed by atoms with E-state index in [2.05, 4.69) is 54.3 Å². The number of benzene rings is 1. The molecule has 1 N–H and O–H groups in total. The van der Waals surface area contributed by atoms with Crippen molar-refractivity contribution in [3.63, 3.8) is 0 Å². The Balaban J connectivity index is 2.47. The van der Waals surface area contributed by atoms with Crippen LogP contribution in [0.15, 0.2) is 24.3 Å². The number of rotatable bonds is 4. The quantitative estimate of drug-likeness (QED) is 0.904. The van der Waals surface area contributed by atoms with Gasteiger partial charge < -0.3 is 5.32 Å². The molecule has 19 heavy (non-hydrogen) atoms.